The summed E-state index contributed by atoms with van der Waals surface area (Å²) in [5.41, 5.74) is 0.118. The number of para-hydroxylation sites is 1. The van der Waals surface area contributed by atoms with E-state index in [0.29, 0.717) is 10.6 Å². The molecule has 1 aliphatic rings. The minimum absolute atomic E-state index is 0.327. The number of nitriles is 1. The summed E-state index contributed by atoms with van der Waals surface area (Å²) >= 11 is 1.32. The van der Waals surface area contributed by atoms with Gasteiger partial charge in [0, 0.05) is 4.88 Å². The molecule has 2 N–H and O–H groups in total. The van der Waals surface area contributed by atoms with Gasteiger partial charge in [-0.3, -0.25) is 5.32 Å². The van der Waals surface area contributed by atoms with E-state index in [0.717, 1.165) is 42.2 Å². The van der Waals surface area contributed by atoms with Gasteiger partial charge in [0.05, 0.1) is 16.8 Å². The Bertz CT molecular complexity index is 852. The molecule has 0 radical (unpaired) electrons. The van der Waals surface area contributed by atoms with Crippen molar-refractivity contribution in [3.05, 3.63) is 45.8 Å². The summed E-state index contributed by atoms with van der Waals surface area (Å²) in [6, 6.07) is 6.06. The first-order chi connectivity index (χ1) is 11.9. The number of anilines is 2. The first-order valence-corrected chi connectivity index (χ1v) is 8.50. The fourth-order valence-corrected chi connectivity index (χ4v) is 4.10. The number of nitrogens with zero attached hydrogens (tertiary/aromatic N) is 1. The number of aryl methyl sites for hydroxylation is 1. The van der Waals surface area contributed by atoms with Gasteiger partial charge in [0.1, 0.15) is 11.1 Å². The first kappa shape index (κ1) is 17.3. The molecule has 2 aromatic rings. The number of fused-ring (bicyclic) bond motifs is 1. The predicted octanol–water partition coefficient (Wildman–Crippen LogP) is 5.16. The minimum Gasteiger partial charge on any atom is -0.307 e. The molecule has 0 aliphatic heterocycles. The lowest BCUT2D eigenvalue weighted by atomic mass is 9.96. The Balaban J connectivity index is 1.81. The summed E-state index contributed by atoms with van der Waals surface area (Å²) in [5, 5.41) is 14.5. The number of carbonyl (C=O) groups is 1. The fourth-order valence-electron chi connectivity index (χ4n) is 2.87. The Morgan fingerprint density at radius 2 is 1.88 bits per heavy atom. The van der Waals surface area contributed by atoms with E-state index in [1.54, 1.807) is 0 Å². The quantitative estimate of drug-likeness (QED) is 0.772. The van der Waals surface area contributed by atoms with Crippen LogP contribution in [0.2, 0.25) is 0 Å². The molecule has 0 atom stereocenters. The van der Waals surface area contributed by atoms with Gasteiger partial charge >= 0.3 is 12.2 Å². The number of urea groups is 1. The molecule has 2 amide bonds. The van der Waals surface area contributed by atoms with Crippen LogP contribution < -0.4 is 10.6 Å². The summed E-state index contributed by atoms with van der Waals surface area (Å²) in [6.45, 7) is 0. The first-order valence-electron chi connectivity index (χ1n) is 7.69. The lowest BCUT2D eigenvalue weighted by molar-refractivity contribution is -0.136. The normalized spacial score (nSPS) is 13.7. The molecular formula is C17H14F3N3OS. The third kappa shape index (κ3) is 3.61. The number of carbonyl (C=O) groups excluding carboxylic acids is 1. The van der Waals surface area contributed by atoms with Crippen molar-refractivity contribution in [2.45, 2.75) is 31.9 Å². The second-order valence-corrected chi connectivity index (χ2v) is 6.75. The molecule has 0 spiro atoms. The molecule has 1 heterocycles. The average Bonchev–Trinajstić information content (AvgIpc) is 2.91. The molecule has 1 aromatic carbocycles. The lowest BCUT2D eigenvalue weighted by Gasteiger charge is -2.13. The third-order valence-corrected chi connectivity index (χ3v) is 5.20. The molecule has 1 aromatic heterocycles. The summed E-state index contributed by atoms with van der Waals surface area (Å²) in [4.78, 5) is 13.2. The van der Waals surface area contributed by atoms with Gasteiger partial charge in [0.25, 0.3) is 0 Å². The van der Waals surface area contributed by atoms with E-state index >= 15 is 0 Å². The lowest BCUT2D eigenvalue weighted by Crippen LogP contribution is -2.21. The van der Waals surface area contributed by atoms with Crippen LogP contribution in [0.1, 0.15) is 34.4 Å². The molecule has 0 saturated carbocycles. The number of hydrogen-bond donors (Lipinski definition) is 2. The highest BCUT2D eigenvalue weighted by Gasteiger charge is 2.33. The van der Waals surface area contributed by atoms with Gasteiger partial charge < -0.3 is 5.32 Å². The monoisotopic (exact) mass is 365 g/mol. The van der Waals surface area contributed by atoms with E-state index in [4.69, 9.17) is 0 Å². The number of benzene rings is 1. The highest BCUT2D eigenvalue weighted by molar-refractivity contribution is 7.16. The van der Waals surface area contributed by atoms with Gasteiger partial charge in [0.15, 0.2) is 0 Å². The number of halogens is 3. The van der Waals surface area contributed by atoms with E-state index in [1.807, 2.05) is 0 Å². The van der Waals surface area contributed by atoms with Crippen molar-refractivity contribution in [3.8, 4) is 6.07 Å². The molecule has 8 heteroatoms. The number of alkyl halides is 3. The van der Waals surface area contributed by atoms with Gasteiger partial charge in [-0.05, 0) is 43.4 Å². The van der Waals surface area contributed by atoms with Gasteiger partial charge in [-0.2, -0.15) is 18.4 Å². The zero-order valence-corrected chi connectivity index (χ0v) is 13.9. The van der Waals surface area contributed by atoms with Crippen LogP contribution >= 0.6 is 11.3 Å². The van der Waals surface area contributed by atoms with Crippen LogP contribution in [0.4, 0.5) is 28.7 Å². The van der Waals surface area contributed by atoms with Crippen LogP contribution in [0.25, 0.3) is 0 Å². The SMILES string of the molecule is N#Cc1c(NC(=O)Nc2ccccc2C(F)(F)F)sc2c1CCCC2. The molecule has 25 heavy (non-hydrogen) atoms. The minimum atomic E-state index is -4.57. The maximum atomic E-state index is 13.0. The van der Waals surface area contributed by atoms with E-state index in [9.17, 15) is 23.2 Å². The largest absolute Gasteiger partial charge is 0.418 e. The van der Waals surface area contributed by atoms with Crippen LogP contribution in [-0.2, 0) is 19.0 Å². The average molecular weight is 365 g/mol. The summed E-state index contributed by atoms with van der Waals surface area (Å²) in [6.07, 6.45) is -0.903. The predicted molar refractivity (Wildman–Crippen MR) is 89.8 cm³/mol. The van der Waals surface area contributed by atoms with Crippen molar-refractivity contribution in [1.29, 1.82) is 5.26 Å². The number of thiophene rings is 1. The molecule has 0 unspecified atom stereocenters. The van der Waals surface area contributed by atoms with Crippen molar-refractivity contribution in [3.63, 3.8) is 0 Å². The van der Waals surface area contributed by atoms with Crippen molar-refractivity contribution in [1.82, 2.24) is 0 Å². The number of rotatable bonds is 2. The molecule has 3 rings (SSSR count). The van der Waals surface area contributed by atoms with Crippen molar-refractivity contribution in [2.24, 2.45) is 0 Å². The number of nitrogens with one attached hydrogen (secondary N) is 2. The van der Waals surface area contributed by atoms with Crippen LogP contribution in [0, 0.1) is 11.3 Å². The van der Waals surface area contributed by atoms with E-state index in [2.05, 4.69) is 16.7 Å². The summed E-state index contributed by atoms with van der Waals surface area (Å²) < 4.78 is 39.0. The molecule has 4 nitrogen and oxygen atoms in total. The van der Waals surface area contributed by atoms with Gasteiger partial charge in [-0.1, -0.05) is 12.1 Å². The van der Waals surface area contributed by atoms with E-state index < -0.39 is 17.8 Å². The molecule has 0 fully saturated rings. The summed E-state index contributed by atoms with van der Waals surface area (Å²) in [5.74, 6) is 0. The molecule has 130 valence electrons. The Morgan fingerprint density at radius 1 is 1.16 bits per heavy atom. The molecule has 0 saturated heterocycles. The number of amides is 2. The Morgan fingerprint density at radius 3 is 2.60 bits per heavy atom. The van der Waals surface area contributed by atoms with Crippen LogP contribution in [0.5, 0.6) is 0 Å². The summed E-state index contributed by atoms with van der Waals surface area (Å²) in [7, 11) is 0. The molecular weight excluding hydrogens is 351 g/mol. The van der Waals surface area contributed by atoms with Gasteiger partial charge in [-0.15, -0.1) is 11.3 Å². The highest BCUT2D eigenvalue weighted by atomic mass is 32.1. The Kier molecular flexibility index (Phi) is 4.68. The Hall–Kier alpha value is -2.53. The zero-order chi connectivity index (χ0) is 18.0. The third-order valence-electron chi connectivity index (χ3n) is 3.99. The van der Waals surface area contributed by atoms with E-state index in [1.165, 1.54) is 29.5 Å². The maximum Gasteiger partial charge on any atom is 0.418 e. The Labute approximate surface area is 146 Å². The standard InChI is InChI=1S/C17H14F3N3OS/c18-17(19,20)12-6-2-3-7-13(12)22-16(24)23-15-11(9-21)10-5-1-4-8-14(10)25-15/h2-3,6-7H,1,4-5,8H2,(H2,22,23,24). The van der Waals surface area contributed by atoms with E-state index in [-0.39, 0.29) is 5.69 Å². The second-order valence-electron chi connectivity index (χ2n) is 5.65. The second kappa shape index (κ2) is 6.76. The number of hydrogen-bond acceptors (Lipinski definition) is 3. The van der Waals surface area contributed by atoms with Crippen molar-refractivity contribution >= 4 is 28.1 Å². The smallest absolute Gasteiger partial charge is 0.307 e. The van der Waals surface area contributed by atoms with Crippen LogP contribution in [0.3, 0.4) is 0 Å². The topological polar surface area (TPSA) is 64.9 Å². The zero-order valence-electron chi connectivity index (χ0n) is 13.0. The van der Waals surface area contributed by atoms with Crippen LogP contribution in [-0.4, -0.2) is 6.03 Å². The van der Waals surface area contributed by atoms with Gasteiger partial charge in [0.2, 0.25) is 0 Å². The highest BCUT2D eigenvalue weighted by Crippen LogP contribution is 2.38. The maximum absolute atomic E-state index is 13.0. The van der Waals surface area contributed by atoms with Gasteiger partial charge in [-0.25, -0.2) is 4.79 Å². The van der Waals surface area contributed by atoms with Crippen LogP contribution in [0.15, 0.2) is 24.3 Å². The van der Waals surface area contributed by atoms with Crippen molar-refractivity contribution < 1.29 is 18.0 Å². The molecule has 1 aliphatic carbocycles. The fraction of sp³-hybridized carbons (Fsp3) is 0.294. The van der Waals surface area contributed by atoms with Crippen molar-refractivity contribution in [2.75, 3.05) is 10.6 Å². The molecule has 0 bridgehead atoms.